The molecule has 0 radical (unpaired) electrons. The number of carbonyl (C=O) groups excluding carboxylic acids is 2. The van der Waals surface area contributed by atoms with Gasteiger partial charge in [-0.25, -0.2) is 14.2 Å². The number of furan rings is 1. The molecule has 8 heteroatoms. The number of hydrazone groups is 1. The Labute approximate surface area is 177 Å². The number of aryl methyl sites for hydroxylation is 1. The Kier molecular flexibility index (Phi) is 5.62. The number of benzene rings is 2. The summed E-state index contributed by atoms with van der Waals surface area (Å²) in [6, 6.07) is 10.6. The van der Waals surface area contributed by atoms with Gasteiger partial charge in [-0.05, 0) is 68.3 Å². The lowest BCUT2D eigenvalue weighted by Gasteiger charge is -2.13. The molecule has 0 aliphatic heterocycles. The van der Waals surface area contributed by atoms with Crippen molar-refractivity contribution in [1.29, 1.82) is 0 Å². The molecule has 1 aliphatic carbocycles. The van der Waals surface area contributed by atoms with Crippen molar-refractivity contribution in [2.24, 2.45) is 5.10 Å². The summed E-state index contributed by atoms with van der Waals surface area (Å²) in [7, 11) is 0. The first-order valence-electron chi connectivity index (χ1n) is 9.74. The summed E-state index contributed by atoms with van der Waals surface area (Å²) < 4.78 is 31.9. The Morgan fingerprint density at radius 1 is 0.935 bits per heavy atom. The fourth-order valence-corrected chi connectivity index (χ4v) is 3.50. The minimum atomic E-state index is -0.463. The van der Waals surface area contributed by atoms with Crippen LogP contribution in [0.3, 0.4) is 0 Å². The lowest BCUT2D eigenvalue weighted by atomic mass is 9.93. The van der Waals surface area contributed by atoms with E-state index in [1.54, 1.807) is 6.92 Å². The van der Waals surface area contributed by atoms with Crippen molar-refractivity contribution < 1.29 is 22.8 Å². The molecule has 0 saturated carbocycles. The summed E-state index contributed by atoms with van der Waals surface area (Å²) in [6.07, 6.45) is 2.01. The largest absolute Gasteiger partial charge is 0.455 e. The SMILES string of the molecule is Cc1c(C(=O)Nc2ccc(F)cc2)oc2c1/C(=N/NC(=O)c1ccc(F)cc1)CCC2. The van der Waals surface area contributed by atoms with E-state index in [1.807, 2.05) is 0 Å². The van der Waals surface area contributed by atoms with Crippen LogP contribution in [0.5, 0.6) is 0 Å². The maximum Gasteiger partial charge on any atom is 0.291 e. The molecule has 6 nitrogen and oxygen atoms in total. The molecule has 158 valence electrons. The first-order valence-corrected chi connectivity index (χ1v) is 9.74. The fraction of sp³-hybridized carbons (Fsp3) is 0.174. The van der Waals surface area contributed by atoms with Gasteiger partial charge in [-0.15, -0.1) is 0 Å². The highest BCUT2D eigenvalue weighted by Gasteiger charge is 2.28. The van der Waals surface area contributed by atoms with Gasteiger partial charge in [0.2, 0.25) is 0 Å². The maximum atomic E-state index is 13.1. The van der Waals surface area contributed by atoms with Crippen LogP contribution in [0.25, 0.3) is 0 Å². The molecular formula is C23H19F2N3O3. The molecule has 0 unspecified atom stereocenters. The minimum Gasteiger partial charge on any atom is -0.455 e. The van der Waals surface area contributed by atoms with Gasteiger partial charge in [0.1, 0.15) is 17.4 Å². The van der Waals surface area contributed by atoms with Gasteiger partial charge in [-0.3, -0.25) is 9.59 Å². The van der Waals surface area contributed by atoms with Crippen LogP contribution in [-0.2, 0) is 6.42 Å². The third-order valence-corrected chi connectivity index (χ3v) is 5.03. The predicted molar refractivity (Wildman–Crippen MR) is 111 cm³/mol. The number of hydrogen-bond donors (Lipinski definition) is 2. The van der Waals surface area contributed by atoms with E-state index in [0.717, 1.165) is 6.42 Å². The zero-order valence-electron chi connectivity index (χ0n) is 16.7. The van der Waals surface area contributed by atoms with E-state index in [1.165, 1.54) is 48.5 Å². The van der Waals surface area contributed by atoms with E-state index in [4.69, 9.17) is 4.42 Å². The van der Waals surface area contributed by atoms with Crippen molar-refractivity contribution >= 4 is 23.2 Å². The quantitative estimate of drug-likeness (QED) is 0.602. The molecule has 31 heavy (non-hydrogen) atoms. The first-order chi connectivity index (χ1) is 14.9. The Bertz CT molecular complexity index is 1170. The highest BCUT2D eigenvalue weighted by Crippen LogP contribution is 2.30. The van der Waals surface area contributed by atoms with E-state index < -0.39 is 23.4 Å². The molecule has 0 spiro atoms. The number of hydrogen-bond acceptors (Lipinski definition) is 4. The molecule has 4 rings (SSSR count). The van der Waals surface area contributed by atoms with Crippen LogP contribution in [0.2, 0.25) is 0 Å². The number of nitrogens with one attached hydrogen (secondary N) is 2. The summed E-state index contributed by atoms with van der Waals surface area (Å²) in [6.45, 7) is 1.75. The van der Waals surface area contributed by atoms with Gasteiger partial charge in [0.15, 0.2) is 5.76 Å². The molecule has 2 aromatic carbocycles. The molecule has 1 aliphatic rings. The summed E-state index contributed by atoms with van der Waals surface area (Å²) in [5, 5.41) is 6.93. The standard InChI is InChI=1S/C23H19F2N3O3/c1-13-20-18(27-28-22(29)14-5-7-15(24)8-6-14)3-2-4-19(20)31-21(13)23(30)26-17-11-9-16(25)10-12-17/h5-12H,2-4H2,1H3,(H,26,30)(H,28,29)/b27-18+. The van der Waals surface area contributed by atoms with E-state index in [9.17, 15) is 18.4 Å². The molecule has 0 saturated heterocycles. The monoisotopic (exact) mass is 423 g/mol. The van der Waals surface area contributed by atoms with Crippen molar-refractivity contribution in [1.82, 2.24) is 5.43 Å². The van der Waals surface area contributed by atoms with Gasteiger partial charge < -0.3 is 9.73 Å². The summed E-state index contributed by atoms with van der Waals surface area (Å²) in [5.41, 5.74) is 5.14. The second-order valence-electron chi connectivity index (χ2n) is 7.18. The van der Waals surface area contributed by atoms with Crippen LogP contribution in [0.1, 0.15) is 50.6 Å². The first kappa shape index (κ1) is 20.5. The van der Waals surface area contributed by atoms with Crippen LogP contribution in [-0.4, -0.2) is 17.5 Å². The van der Waals surface area contributed by atoms with Crippen LogP contribution < -0.4 is 10.7 Å². The average Bonchev–Trinajstić information content (AvgIpc) is 3.11. The Hall–Kier alpha value is -3.81. The van der Waals surface area contributed by atoms with E-state index in [-0.39, 0.29) is 11.3 Å². The third kappa shape index (κ3) is 4.37. The highest BCUT2D eigenvalue weighted by atomic mass is 19.1. The smallest absolute Gasteiger partial charge is 0.291 e. The topological polar surface area (TPSA) is 83.7 Å². The second-order valence-corrected chi connectivity index (χ2v) is 7.18. The van der Waals surface area contributed by atoms with Crippen LogP contribution in [0.4, 0.5) is 14.5 Å². The van der Waals surface area contributed by atoms with Crippen molar-refractivity contribution in [3.8, 4) is 0 Å². The molecule has 2 N–H and O–H groups in total. The van der Waals surface area contributed by atoms with Gasteiger partial charge >= 0.3 is 0 Å². The highest BCUT2D eigenvalue weighted by molar-refractivity contribution is 6.09. The van der Waals surface area contributed by atoms with Gasteiger partial charge in [-0.1, -0.05) is 0 Å². The fourth-order valence-electron chi connectivity index (χ4n) is 3.50. The summed E-state index contributed by atoms with van der Waals surface area (Å²) in [5.74, 6) is -0.966. The predicted octanol–water partition coefficient (Wildman–Crippen LogP) is 4.59. The number of fused-ring (bicyclic) bond motifs is 1. The molecule has 1 aromatic heterocycles. The Morgan fingerprint density at radius 2 is 1.58 bits per heavy atom. The van der Waals surface area contributed by atoms with Crippen molar-refractivity contribution in [2.45, 2.75) is 26.2 Å². The normalized spacial score (nSPS) is 14.2. The summed E-state index contributed by atoms with van der Waals surface area (Å²) >= 11 is 0. The van der Waals surface area contributed by atoms with E-state index in [0.29, 0.717) is 41.1 Å². The second kappa shape index (κ2) is 8.51. The van der Waals surface area contributed by atoms with Gasteiger partial charge in [-0.2, -0.15) is 5.10 Å². The molecule has 0 bridgehead atoms. The zero-order chi connectivity index (χ0) is 22.0. The number of amides is 2. The third-order valence-electron chi connectivity index (χ3n) is 5.03. The number of carbonyl (C=O) groups is 2. The van der Waals surface area contributed by atoms with Crippen LogP contribution in [0, 0.1) is 18.6 Å². The van der Waals surface area contributed by atoms with Crippen LogP contribution >= 0.6 is 0 Å². The maximum absolute atomic E-state index is 13.1. The Balaban J connectivity index is 1.55. The molecule has 0 atom stereocenters. The van der Waals surface area contributed by atoms with Crippen molar-refractivity contribution in [2.75, 3.05) is 5.32 Å². The van der Waals surface area contributed by atoms with Crippen LogP contribution in [0.15, 0.2) is 58.0 Å². The molecule has 1 heterocycles. The molecular weight excluding hydrogens is 404 g/mol. The average molecular weight is 423 g/mol. The van der Waals surface area contributed by atoms with E-state index >= 15 is 0 Å². The molecule has 2 amide bonds. The number of halogens is 2. The van der Waals surface area contributed by atoms with E-state index in [2.05, 4.69) is 15.8 Å². The van der Waals surface area contributed by atoms with Gasteiger partial charge in [0.05, 0.1) is 5.71 Å². The van der Waals surface area contributed by atoms with Crippen molar-refractivity contribution in [3.63, 3.8) is 0 Å². The number of rotatable bonds is 4. The molecule has 3 aromatic rings. The lowest BCUT2D eigenvalue weighted by Crippen LogP contribution is -2.22. The van der Waals surface area contributed by atoms with Crippen molar-refractivity contribution in [3.05, 3.63) is 88.4 Å². The zero-order valence-corrected chi connectivity index (χ0v) is 16.7. The lowest BCUT2D eigenvalue weighted by molar-refractivity contribution is 0.0953. The van der Waals surface area contributed by atoms with Gasteiger partial charge in [0, 0.05) is 28.8 Å². The van der Waals surface area contributed by atoms with Gasteiger partial charge in [0.25, 0.3) is 11.8 Å². The molecule has 0 fully saturated rings. The Morgan fingerprint density at radius 3 is 2.26 bits per heavy atom. The number of anilines is 1. The summed E-state index contributed by atoms with van der Waals surface area (Å²) in [4.78, 5) is 25.0. The minimum absolute atomic E-state index is 0.147. The number of nitrogens with zero attached hydrogens (tertiary/aromatic N) is 1.